The Balaban J connectivity index is 2.55. The summed E-state index contributed by atoms with van der Waals surface area (Å²) in [6, 6.07) is 0. The summed E-state index contributed by atoms with van der Waals surface area (Å²) < 4.78 is 74.5. The van der Waals surface area contributed by atoms with Crippen LogP contribution in [-0.2, 0) is 0 Å². The fourth-order valence-corrected chi connectivity index (χ4v) is 1.41. The van der Waals surface area contributed by atoms with E-state index in [1.54, 1.807) is 0 Å². The van der Waals surface area contributed by atoms with Crippen molar-refractivity contribution in [2.45, 2.75) is 18.3 Å². The molecule has 0 aliphatic rings. The van der Waals surface area contributed by atoms with Crippen molar-refractivity contribution >= 4 is 11.2 Å². The van der Waals surface area contributed by atoms with E-state index < -0.39 is 24.1 Å². The van der Waals surface area contributed by atoms with Gasteiger partial charge in [0.1, 0.15) is 17.7 Å². The van der Waals surface area contributed by atoms with Gasteiger partial charge in [0, 0.05) is 0 Å². The highest BCUT2D eigenvalue weighted by Crippen LogP contribution is 2.45. The van der Waals surface area contributed by atoms with E-state index in [4.69, 9.17) is 0 Å². The Morgan fingerprint density at radius 2 is 1.67 bits per heavy atom. The number of hydrogen-bond donors (Lipinski definition) is 1. The van der Waals surface area contributed by atoms with Gasteiger partial charge in [0.05, 0.1) is 6.20 Å². The van der Waals surface area contributed by atoms with Crippen LogP contribution in [0, 0.1) is 0 Å². The molecule has 0 saturated heterocycles. The van der Waals surface area contributed by atoms with Gasteiger partial charge in [-0.2, -0.15) is 26.3 Å². The van der Waals surface area contributed by atoms with E-state index in [2.05, 4.69) is 15.0 Å². The maximum absolute atomic E-state index is 12.4. The zero-order chi connectivity index (χ0) is 13.6. The van der Waals surface area contributed by atoms with Gasteiger partial charge in [-0.05, 0) is 0 Å². The largest absolute Gasteiger partial charge is 0.407 e. The predicted octanol–water partition coefficient (Wildman–Crippen LogP) is 2.56. The normalized spacial score (nSPS) is 13.5. The standard InChI is InChI=1S/C8H4F6N4/c9-7(10,11)4(8(12,13)14)6-17-3-1-15-2-16-5(3)18-6/h1-2,4H,(H,15,16,17,18). The van der Waals surface area contributed by atoms with Gasteiger partial charge in [0.2, 0.25) is 5.92 Å². The minimum atomic E-state index is -5.49. The van der Waals surface area contributed by atoms with Crippen molar-refractivity contribution in [2.24, 2.45) is 0 Å². The third kappa shape index (κ3) is 2.22. The van der Waals surface area contributed by atoms with Crippen LogP contribution in [0.2, 0.25) is 0 Å². The molecular weight excluding hydrogens is 266 g/mol. The van der Waals surface area contributed by atoms with Gasteiger partial charge >= 0.3 is 12.4 Å². The summed E-state index contributed by atoms with van der Waals surface area (Å²) in [5, 5.41) is 0. The van der Waals surface area contributed by atoms with Crippen LogP contribution in [-0.4, -0.2) is 32.3 Å². The van der Waals surface area contributed by atoms with E-state index in [1.165, 1.54) is 0 Å². The number of nitrogens with one attached hydrogen (secondary N) is 1. The zero-order valence-electron chi connectivity index (χ0n) is 8.34. The number of fused-ring (bicyclic) bond motifs is 1. The molecule has 0 aromatic carbocycles. The molecule has 0 spiro atoms. The van der Waals surface area contributed by atoms with Crippen LogP contribution < -0.4 is 0 Å². The molecule has 2 aromatic heterocycles. The van der Waals surface area contributed by atoms with Crippen molar-refractivity contribution in [3.63, 3.8) is 0 Å². The molecule has 2 rings (SSSR count). The SMILES string of the molecule is FC(F)(F)C(c1nc2ncncc2[nH]1)C(F)(F)F. The number of rotatable bonds is 1. The number of imidazole rings is 1. The highest BCUT2D eigenvalue weighted by Gasteiger charge is 2.59. The first-order valence-corrected chi connectivity index (χ1v) is 4.48. The molecule has 0 amide bonds. The Morgan fingerprint density at radius 1 is 1.06 bits per heavy atom. The van der Waals surface area contributed by atoms with E-state index in [0.717, 1.165) is 12.5 Å². The maximum Gasteiger partial charge on any atom is 0.407 e. The molecule has 2 aromatic rings. The number of halogens is 6. The van der Waals surface area contributed by atoms with Gasteiger partial charge in [-0.25, -0.2) is 15.0 Å². The minimum Gasteiger partial charge on any atom is -0.339 e. The average molecular weight is 270 g/mol. The molecule has 4 nitrogen and oxygen atoms in total. The van der Waals surface area contributed by atoms with E-state index in [9.17, 15) is 26.3 Å². The number of nitrogens with zero attached hydrogens (tertiary/aromatic N) is 3. The molecule has 98 valence electrons. The second kappa shape index (κ2) is 3.82. The molecule has 0 atom stereocenters. The summed E-state index contributed by atoms with van der Waals surface area (Å²) in [7, 11) is 0. The lowest BCUT2D eigenvalue weighted by molar-refractivity contribution is -0.255. The molecule has 2 heterocycles. The summed E-state index contributed by atoms with van der Waals surface area (Å²) in [6.07, 6.45) is -8.95. The van der Waals surface area contributed by atoms with Crippen molar-refractivity contribution in [3.05, 3.63) is 18.3 Å². The predicted molar refractivity (Wildman–Crippen MR) is 46.5 cm³/mol. The Labute approximate surface area is 95.1 Å². The third-order valence-electron chi connectivity index (χ3n) is 2.11. The van der Waals surface area contributed by atoms with Crippen LogP contribution in [0.5, 0.6) is 0 Å². The molecule has 0 aliphatic carbocycles. The van der Waals surface area contributed by atoms with Crippen molar-refractivity contribution in [1.29, 1.82) is 0 Å². The molecule has 0 fully saturated rings. The number of hydrogen-bond acceptors (Lipinski definition) is 3. The molecule has 0 saturated carbocycles. The van der Waals surface area contributed by atoms with Crippen molar-refractivity contribution < 1.29 is 26.3 Å². The molecular formula is C8H4F6N4. The van der Waals surface area contributed by atoms with Crippen molar-refractivity contribution in [1.82, 2.24) is 19.9 Å². The van der Waals surface area contributed by atoms with Crippen molar-refractivity contribution in [3.8, 4) is 0 Å². The fraction of sp³-hybridized carbons (Fsp3) is 0.375. The Hall–Kier alpha value is -1.87. The number of aromatic amines is 1. The summed E-state index contributed by atoms with van der Waals surface area (Å²) >= 11 is 0. The second-order valence-electron chi connectivity index (χ2n) is 3.40. The molecule has 18 heavy (non-hydrogen) atoms. The van der Waals surface area contributed by atoms with E-state index in [1.807, 2.05) is 4.98 Å². The first kappa shape index (κ1) is 12.6. The van der Waals surface area contributed by atoms with Gasteiger partial charge in [-0.3, -0.25) is 0 Å². The highest BCUT2D eigenvalue weighted by atomic mass is 19.4. The van der Waals surface area contributed by atoms with Crippen LogP contribution in [0.3, 0.4) is 0 Å². The Kier molecular flexibility index (Phi) is 2.67. The third-order valence-corrected chi connectivity index (χ3v) is 2.11. The number of alkyl halides is 6. The molecule has 0 aliphatic heterocycles. The van der Waals surface area contributed by atoms with E-state index in [0.29, 0.717) is 0 Å². The average Bonchev–Trinajstić information content (AvgIpc) is 2.54. The van der Waals surface area contributed by atoms with Gasteiger partial charge in [-0.1, -0.05) is 0 Å². The number of aromatic nitrogens is 4. The molecule has 1 N–H and O–H groups in total. The van der Waals surface area contributed by atoms with Gasteiger partial charge in [0.15, 0.2) is 5.65 Å². The summed E-state index contributed by atoms with van der Waals surface area (Å²) in [4.78, 5) is 12.1. The first-order chi connectivity index (χ1) is 8.19. The maximum atomic E-state index is 12.4. The van der Waals surface area contributed by atoms with Crippen LogP contribution in [0.25, 0.3) is 11.2 Å². The van der Waals surface area contributed by atoms with E-state index >= 15 is 0 Å². The van der Waals surface area contributed by atoms with Gasteiger partial charge in [0.25, 0.3) is 0 Å². The van der Waals surface area contributed by atoms with Crippen LogP contribution in [0.15, 0.2) is 12.5 Å². The van der Waals surface area contributed by atoms with Crippen LogP contribution in [0.1, 0.15) is 11.7 Å². The number of H-pyrrole nitrogens is 1. The topological polar surface area (TPSA) is 54.5 Å². The highest BCUT2D eigenvalue weighted by molar-refractivity contribution is 5.68. The lowest BCUT2D eigenvalue weighted by Crippen LogP contribution is -2.34. The lowest BCUT2D eigenvalue weighted by atomic mass is 10.1. The van der Waals surface area contributed by atoms with Crippen LogP contribution in [0.4, 0.5) is 26.3 Å². The first-order valence-electron chi connectivity index (χ1n) is 4.48. The van der Waals surface area contributed by atoms with E-state index in [-0.39, 0.29) is 11.2 Å². The summed E-state index contributed by atoms with van der Waals surface area (Å²) in [6.45, 7) is 0. The monoisotopic (exact) mass is 270 g/mol. The lowest BCUT2D eigenvalue weighted by Gasteiger charge is -2.20. The van der Waals surface area contributed by atoms with Crippen LogP contribution >= 0.6 is 0 Å². The van der Waals surface area contributed by atoms with Gasteiger partial charge in [-0.15, -0.1) is 0 Å². The summed E-state index contributed by atoms with van der Waals surface area (Å²) in [5.41, 5.74) is -0.343. The zero-order valence-corrected chi connectivity index (χ0v) is 8.34. The Morgan fingerprint density at radius 3 is 2.17 bits per heavy atom. The Bertz CT molecular complexity index is 509. The van der Waals surface area contributed by atoms with Gasteiger partial charge < -0.3 is 4.98 Å². The molecule has 10 heteroatoms. The minimum absolute atomic E-state index is 0.0917. The fourth-order valence-electron chi connectivity index (χ4n) is 1.41. The summed E-state index contributed by atoms with van der Waals surface area (Å²) in [5.74, 6) is -4.91. The quantitative estimate of drug-likeness (QED) is 0.810. The molecule has 0 radical (unpaired) electrons. The molecule has 0 unspecified atom stereocenters. The van der Waals surface area contributed by atoms with Crippen molar-refractivity contribution in [2.75, 3.05) is 0 Å². The molecule has 0 bridgehead atoms. The second-order valence-corrected chi connectivity index (χ2v) is 3.40. The smallest absolute Gasteiger partial charge is 0.339 e.